The summed E-state index contributed by atoms with van der Waals surface area (Å²) < 4.78 is 0. The number of benzene rings is 1. The number of carbonyl (C=O) groups is 2. The van der Waals surface area contributed by atoms with E-state index in [4.69, 9.17) is 0 Å². The number of rotatable bonds is 3. The van der Waals surface area contributed by atoms with Crippen LogP contribution in [0.2, 0.25) is 0 Å². The van der Waals surface area contributed by atoms with Crippen molar-refractivity contribution in [2.45, 2.75) is 39.2 Å². The van der Waals surface area contributed by atoms with Crippen LogP contribution in [0.15, 0.2) is 18.2 Å². The van der Waals surface area contributed by atoms with Crippen LogP contribution in [0.4, 0.5) is 0 Å². The molecule has 2 aliphatic heterocycles. The van der Waals surface area contributed by atoms with E-state index in [1.54, 1.807) is 0 Å². The number of aryl methyl sites for hydroxylation is 2. The zero-order valence-electron chi connectivity index (χ0n) is 15.5. The Morgan fingerprint density at radius 2 is 1.84 bits per heavy atom. The van der Waals surface area contributed by atoms with Crippen LogP contribution in [0, 0.1) is 19.8 Å². The Labute approximate surface area is 150 Å². The van der Waals surface area contributed by atoms with Gasteiger partial charge >= 0.3 is 0 Å². The van der Waals surface area contributed by atoms with Gasteiger partial charge in [-0.25, -0.2) is 0 Å². The topological polar surface area (TPSA) is 52.7 Å². The molecule has 0 radical (unpaired) electrons. The molecule has 0 spiro atoms. The first kappa shape index (κ1) is 17.9. The van der Waals surface area contributed by atoms with Crippen molar-refractivity contribution in [1.29, 1.82) is 0 Å². The summed E-state index contributed by atoms with van der Waals surface area (Å²) in [6, 6.07) is 6.10. The zero-order valence-corrected chi connectivity index (χ0v) is 15.5. The number of nitrogens with one attached hydrogen (secondary N) is 1. The largest absolute Gasteiger partial charge is 0.343 e. The van der Waals surface area contributed by atoms with Crippen LogP contribution < -0.4 is 5.32 Å². The lowest BCUT2D eigenvalue weighted by molar-refractivity contribution is -0.137. The number of nitrogens with zero attached hydrogens (tertiary/aromatic N) is 2. The molecule has 3 rings (SSSR count). The second-order valence-corrected chi connectivity index (χ2v) is 7.67. The Bertz CT molecular complexity index is 638. The van der Waals surface area contributed by atoms with Crippen molar-refractivity contribution in [2.24, 2.45) is 5.92 Å². The fourth-order valence-corrected chi connectivity index (χ4v) is 4.36. The monoisotopic (exact) mass is 343 g/mol. The molecule has 1 aromatic carbocycles. The molecule has 2 amide bonds. The highest BCUT2D eigenvalue weighted by Crippen LogP contribution is 2.30. The van der Waals surface area contributed by atoms with Crippen LogP contribution in [0.5, 0.6) is 0 Å². The van der Waals surface area contributed by atoms with Crippen LogP contribution >= 0.6 is 0 Å². The van der Waals surface area contributed by atoms with Gasteiger partial charge in [-0.05, 0) is 64.8 Å². The molecule has 0 aromatic heterocycles. The SMILES string of the molecule is Cc1cc(C)cc(C(=O)NCC(=O)N2CCC[C@H]3CN(C)CC[C@H]32)c1. The van der Waals surface area contributed by atoms with E-state index in [-0.39, 0.29) is 18.4 Å². The summed E-state index contributed by atoms with van der Waals surface area (Å²) in [5, 5.41) is 2.81. The summed E-state index contributed by atoms with van der Waals surface area (Å²) >= 11 is 0. The minimum absolute atomic E-state index is 0.0528. The molecule has 0 saturated carbocycles. The molecular weight excluding hydrogens is 314 g/mol. The van der Waals surface area contributed by atoms with Crippen molar-refractivity contribution in [3.63, 3.8) is 0 Å². The van der Waals surface area contributed by atoms with Gasteiger partial charge in [-0.15, -0.1) is 0 Å². The van der Waals surface area contributed by atoms with E-state index in [2.05, 4.69) is 17.3 Å². The van der Waals surface area contributed by atoms with Crippen LogP contribution in [0.25, 0.3) is 0 Å². The molecule has 2 atom stereocenters. The molecule has 5 nitrogen and oxygen atoms in total. The highest BCUT2D eigenvalue weighted by molar-refractivity contribution is 5.96. The predicted octanol–water partition coefficient (Wildman–Crippen LogP) is 1.98. The third-order valence-corrected chi connectivity index (χ3v) is 5.48. The summed E-state index contributed by atoms with van der Waals surface area (Å²) in [6.07, 6.45) is 3.30. The highest BCUT2D eigenvalue weighted by atomic mass is 16.2. The first-order valence-electron chi connectivity index (χ1n) is 9.28. The molecule has 2 saturated heterocycles. The Morgan fingerprint density at radius 3 is 2.56 bits per heavy atom. The van der Waals surface area contributed by atoms with E-state index in [0.29, 0.717) is 17.5 Å². The van der Waals surface area contributed by atoms with Gasteiger partial charge in [0.1, 0.15) is 0 Å². The van der Waals surface area contributed by atoms with Gasteiger partial charge < -0.3 is 15.1 Å². The molecule has 2 fully saturated rings. The van der Waals surface area contributed by atoms with Crippen molar-refractivity contribution >= 4 is 11.8 Å². The number of carbonyl (C=O) groups excluding carboxylic acids is 2. The van der Waals surface area contributed by atoms with Crippen molar-refractivity contribution in [1.82, 2.24) is 15.1 Å². The van der Waals surface area contributed by atoms with Gasteiger partial charge in [0.25, 0.3) is 5.91 Å². The predicted molar refractivity (Wildman–Crippen MR) is 98.6 cm³/mol. The summed E-state index contributed by atoms with van der Waals surface area (Å²) in [5.74, 6) is 0.459. The van der Waals surface area contributed by atoms with Crippen LogP contribution in [-0.2, 0) is 4.79 Å². The number of amides is 2. The molecule has 2 heterocycles. The molecule has 0 bridgehead atoms. The number of hydrogen-bond donors (Lipinski definition) is 1. The first-order chi connectivity index (χ1) is 11.9. The number of likely N-dealkylation sites (tertiary alicyclic amines) is 2. The lowest BCUT2D eigenvalue weighted by atomic mass is 9.84. The van der Waals surface area contributed by atoms with Crippen LogP contribution in [0.1, 0.15) is 40.7 Å². The van der Waals surface area contributed by atoms with Gasteiger partial charge in [-0.2, -0.15) is 0 Å². The number of hydrogen-bond acceptors (Lipinski definition) is 3. The summed E-state index contributed by atoms with van der Waals surface area (Å²) in [7, 11) is 2.15. The van der Waals surface area contributed by atoms with E-state index >= 15 is 0 Å². The summed E-state index contributed by atoms with van der Waals surface area (Å²) in [4.78, 5) is 29.5. The lowest BCUT2D eigenvalue weighted by Gasteiger charge is -2.46. The second kappa shape index (κ2) is 7.56. The van der Waals surface area contributed by atoms with Gasteiger partial charge in [-0.1, -0.05) is 17.2 Å². The normalized spacial score (nSPS) is 23.9. The Hall–Kier alpha value is -1.88. The van der Waals surface area contributed by atoms with Gasteiger partial charge in [-0.3, -0.25) is 9.59 Å². The summed E-state index contributed by atoms with van der Waals surface area (Å²) in [5.41, 5.74) is 2.74. The van der Waals surface area contributed by atoms with Crippen molar-refractivity contribution < 1.29 is 9.59 Å². The molecule has 136 valence electrons. The minimum atomic E-state index is -0.169. The third kappa shape index (κ3) is 4.21. The third-order valence-electron chi connectivity index (χ3n) is 5.48. The lowest BCUT2D eigenvalue weighted by Crippen LogP contribution is -2.56. The maximum absolute atomic E-state index is 12.7. The minimum Gasteiger partial charge on any atom is -0.343 e. The number of fused-ring (bicyclic) bond motifs is 1. The molecule has 1 aromatic rings. The maximum Gasteiger partial charge on any atom is 0.251 e. The summed E-state index contributed by atoms with van der Waals surface area (Å²) in [6.45, 7) is 6.98. The Morgan fingerprint density at radius 1 is 1.12 bits per heavy atom. The van der Waals surface area contributed by atoms with Gasteiger partial charge in [0.2, 0.25) is 5.91 Å². The second-order valence-electron chi connectivity index (χ2n) is 7.67. The Balaban J connectivity index is 1.59. The standard InChI is InChI=1S/C20H29N3O2/c1-14-9-15(2)11-17(10-14)20(25)21-12-19(24)23-7-4-5-16-13-22(3)8-6-18(16)23/h9-11,16,18H,4-8,12-13H2,1-3H3,(H,21,25)/t16-,18+/m0/s1. The van der Waals surface area contributed by atoms with Crippen molar-refractivity contribution in [3.8, 4) is 0 Å². The van der Waals surface area contributed by atoms with Crippen LogP contribution in [-0.4, -0.2) is 60.9 Å². The van der Waals surface area contributed by atoms with Gasteiger partial charge in [0.05, 0.1) is 6.54 Å². The zero-order chi connectivity index (χ0) is 18.0. The van der Waals surface area contributed by atoms with Gasteiger partial charge in [0.15, 0.2) is 0 Å². The van der Waals surface area contributed by atoms with E-state index in [9.17, 15) is 9.59 Å². The molecule has 2 aliphatic rings. The van der Waals surface area contributed by atoms with E-state index < -0.39 is 0 Å². The average Bonchev–Trinajstić information content (AvgIpc) is 2.57. The first-order valence-corrected chi connectivity index (χ1v) is 9.28. The molecule has 0 aliphatic carbocycles. The molecule has 25 heavy (non-hydrogen) atoms. The molecule has 1 N–H and O–H groups in total. The van der Waals surface area contributed by atoms with Crippen molar-refractivity contribution in [2.75, 3.05) is 33.2 Å². The van der Waals surface area contributed by atoms with Gasteiger partial charge in [0, 0.05) is 24.7 Å². The molecular formula is C20H29N3O2. The Kier molecular flexibility index (Phi) is 5.42. The average molecular weight is 343 g/mol. The molecule has 5 heteroatoms. The fraction of sp³-hybridized carbons (Fsp3) is 0.600. The smallest absolute Gasteiger partial charge is 0.251 e. The van der Waals surface area contributed by atoms with E-state index in [1.165, 1.54) is 6.42 Å². The number of piperidine rings is 2. The maximum atomic E-state index is 12.7. The molecule has 0 unspecified atom stereocenters. The van der Waals surface area contributed by atoms with E-state index in [0.717, 1.165) is 43.6 Å². The van der Waals surface area contributed by atoms with Crippen molar-refractivity contribution in [3.05, 3.63) is 34.9 Å². The fourth-order valence-electron chi connectivity index (χ4n) is 4.36. The quantitative estimate of drug-likeness (QED) is 0.913. The highest BCUT2D eigenvalue weighted by Gasteiger charge is 2.37. The van der Waals surface area contributed by atoms with Crippen LogP contribution in [0.3, 0.4) is 0 Å². The van der Waals surface area contributed by atoms with E-state index in [1.807, 2.05) is 36.9 Å².